The number of hydrogen-bond donors (Lipinski definition) is 2. The minimum Gasteiger partial charge on any atom is -0.492 e. The van der Waals surface area contributed by atoms with Crippen LogP contribution in [0.5, 0.6) is 5.75 Å². The molecular weight excluding hydrogens is 500 g/mol. The predicted octanol–water partition coefficient (Wildman–Crippen LogP) is 3.26. The number of aromatic nitrogens is 5. The molecule has 35 heavy (non-hydrogen) atoms. The van der Waals surface area contributed by atoms with Crippen LogP contribution < -0.4 is 15.4 Å². The van der Waals surface area contributed by atoms with E-state index < -0.39 is 29.2 Å². The van der Waals surface area contributed by atoms with E-state index in [-0.39, 0.29) is 11.5 Å². The van der Waals surface area contributed by atoms with E-state index >= 15 is 4.39 Å². The summed E-state index contributed by atoms with van der Waals surface area (Å²) in [7, 11) is 1.52. The topological polar surface area (TPSA) is 124 Å². The lowest BCUT2D eigenvalue weighted by Gasteiger charge is -2.20. The summed E-state index contributed by atoms with van der Waals surface area (Å²) < 4.78 is 20.7. The quantitative estimate of drug-likeness (QED) is 0.466. The summed E-state index contributed by atoms with van der Waals surface area (Å²) in [5, 5.41) is 17.1. The summed E-state index contributed by atoms with van der Waals surface area (Å²) in [4.78, 5) is 30.6. The number of carbonyl (C=O) groups is 2. The Kier molecular flexibility index (Phi) is 6.91. The van der Waals surface area contributed by atoms with E-state index in [2.05, 4.69) is 31.0 Å². The molecular formula is C22H22Cl2FN7O3. The molecule has 1 aliphatic carbocycles. The maximum absolute atomic E-state index is 15.1. The predicted molar refractivity (Wildman–Crippen MR) is 126 cm³/mol. The Bertz CT molecular complexity index is 1300. The van der Waals surface area contributed by atoms with Gasteiger partial charge in [0.25, 0.3) is 11.7 Å². The summed E-state index contributed by atoms with van der Waals surface area (Å²) in [5.41, 5.74) is -0.160. The monoisotopic (exact) mass is 521 g/mol. The zero-order valence-electron chi connectivity index (χ0n) is 19.1. The number of tetrazole rings is 1. The highest BCUT2D eigenvalue weighted by Crippen LogP contribution is 2.40. The maximum Gasteiger partial charge on any atom is 0.293 e. The van der Waals surface area contributed by atoms with Gasteiger partial charge in [-0.3, -0.25) is 14.6 Å². The summed E-state index contributed by atoms with van der Waals surface area (Å²) >= 11 is 12.4. The summed E-state index contributed by atoms with van der Waals surface area (Å²) in [6, 6.07) is 3.67. The molecule has 2 amide bonds. The maximum atomic E-state index is 15.1. The fourth-order valence-corrected chi connectivity index (χ4v) is 4.11. The van der Waals surface area contributed by atoms with Crippen LogP contribution in [0.15, 0.2) is 24.4 Å². The number of benzene rings is 1. The fraction of sp³-hybridized carbons (Fsp3) is 0.364. The van der Waals surface area contributed by atoms with Crippen molar-refractivity contribution in [3.63, 3.8) is 0 Å². The summed E-state index contributed by atoms with van der Waals surface area (Å²) in [6.45, 7) is 3.77. The second-order valence-electron chi connectivity index (χ2n) is 8.12. The normalized spacial score (nSPS) is 14.8. The molecule has 10 nitrogen and oxygen atoms in total. The van der Waals surface area contributed by atoms with E-state index in [1.165, 1.54) is 19.3 Å². The first-order valence-corrected chi connectivity index (χ1v) is 11.5. The molecule has 1 aliphatic rings. The van der Waals surface area contributed by atoms with Gasteiger partial charge in [0.05, 0.1) is 30.4 Å². The third-order valence-electron chi connectivity index (χ3n) is 5.48. The van der Waals surface area contributed by atoms with Crippen molar-refractivity contribution in [3.8, 4) is 16.9 Å². The summed E-state index contributed by atoms with van der Waals surface area (Å²) in [6.07, 6.45) is 2.32. The minimum absolute atomic E-state index is 0.0332. The molecule has 3 aromatic rings. The molecule has 2 aromatic heterocycles. The third-order valence-corrected chi connectivity index (χ3v) is 5.98. The molecule has 2 N–H and O–H groups in total. The van der Waals surface area contributed by atoms with Gasteiger partial charge in [-0.25, -0.2) is 4.39 Å². The number of hydrogen-bond acceptors (Lipinski definition) is 7. The van der Waals surface area contributed by atoms with E-state index in [0.29, 0.717) is 46.4 Å². The van der Waals surface area contributed by atoms with Gasteiger partial charge in [0.2, 0.25) is 5.91 Å². The van der Waals surface area contributed by atoms with Crippen LogP contribution in [0.3, 0.4) is 0 Å². The molecule has 0 bridgehead atoms. The Balaban J connectivity index is 1.50. The van der Waals surface area contributed by atoms with Gasteiger partial charge >= 0.3 is 0 Å². The molecule has 1 saturated carbocycles. The van der Waals surface area contributed by atoms with E-state index in [4.69, 9.17) is 27.9 Å². The number of nitrogens with one attached hydrogen (secondary N) is 2. The van der Waals surface area contributed by atoms with Crippen LogP contribution in [-0.4, -0.2) is 49.2 Å². The van der Waals surface area contributed by atoms with Crippen molar-refractivity contribution in [2.45, 2.75) is 38.3 Å². The second-order valence-corrected chi connectivity index (χ2v) is 8.97. The Morgan fingerprint density at radius 3 is 2.63 bits per heavy atom. The van der Waals surface area contributed by atoms with Gasteiger partial charge in [-0.15, -0.1) is 10.2 Å². The van der Waals surface area contributed by atoms with Crippen LogP contribution in [0.1, 0.15) is 49.0 Å². The first-order chi connectivity index (χ1) is 16.6. The van der Waals surface area contributed by atoms with E-state index in [9.17, 15) is 9.59 Å². The van der Waals surface area contributed by atoms with Crippen molar-refractivity contribution in [1.82, 2.24) is 35.8 Å². The molecule has 4 rings (SSSR count). The highest BCUT2D eigenvalue weighted by atomic mass is 35.5. The van der Waals surface area contributed by atoms with Gasteiger partial charge < -0.3 is 15.4 Å². The van der Waals surface area contributed by atoms with Gasteiger partial charge in [-0.2, -0.15) is 4.80 Å². The first kappa shape index (κ1) is 24.8. The van der Waals surface area contributed by atoms with Crippen LogP contribution >= 0.6 is 23.2 Å². The zero-order chi connectivity index (χ0) is 25.3. The van der Waals surface area contributed by atoms with Crippen LogP contribution in [0.2, 0.25) is 10.0 Å². The lowest BCUT2D eigenvalue weighted by molar-refractivity contribution is -0.124. The van der Waals surface area contributed by atoms with Crippen molar-refractivity contribution in [2.75, 3.05) is 6.61 Å². The lowest BCUT2D eigenvalue weighted by Crippen LogP contribution is -2.49. The molecule has 0 saturated heterocycles. The first-order valence-electron chi connectivity index (χ1n) is 10.8. The number of nitrogens with zero attached hydrogens (tertiary/aromatic N) is 5. The molecule has 2 heterocycles. The number of amides is 2. The number of pyridine rings is 1. The van der Waals surface area contributed by atoms with Gasteiger partial charge in [0, 0.05) is 22.3 Å². The lowest BCUT2D eigenvalue weighted by atomic mass is 10.0. The third kappa shape index (κ3) is 5.20. The highest BCUT2D eigenvalue weighted by molar-refractivity contribution is 6.36. The van der Waals surface area contributed by atoms with E-state index in [0.717, 1.165) is 4.80 Å². The Morgan fingerprint density at radius 1 is 1.29 bits per heavy atom. The van der Waals surface area contributed by atoms with Crippen LogP contribution in [0.4, 0.5) is 4.39 Å². The van der Waals surface area contributed by atoms with Gasteiger partial charge in [0.15, 0.2) is 0 Å². The number of aryl methyl sites for hydroxylation is 1. The van der Waals surface area contributed by atoms with Crippen LogP contribution in [0.25, 0.3) is 11.1 Å². The molecule has 0 unspecified atom stereocenters. The fourth-order valence-electron chi connectivity index (χ4n) is 3.57. The van der Waals surface area contributed by atoms with Crippen molar-refractivity contribution in [1.29, 1.82) is 0 Å². The van der Waals surface area contributed by atoms with E-state index in [1.54, 1.807) is 26.0 Å². The Labute approximate surface area is 210 Å². The zero-order valence-corrected chi connectivity index (χ0v) is 20.6. The average molecular weight is 522 g/mol. The number of halogens is 3. The largest absolute Gasteiger partial charge is 0.492 e. The number of rotatable bonds is 8. The average Bonchev–Trinajstić information content (AvgIpc) is 3.45. The van der Waals surface area contributed by atoms with Gasteiger partial charge in [-0.1, -0.05) is 23.2 Å². The van der Waals surface area contributed by atoms with Crippen LogP contribution in [0, 0.1) is 5.82 Å². The van der Waals surface area contributed by atoms with Crippen molar-refractivity contribution in [3.05, 3.63) is 51.8 Å². The number of carbonyl (C=O) groups excluding carboxylic acids is 2. The Hall–Kier alpha value is -3.31. The Morgan fingerprint density at radius 2 is 2.03 bits per heavy atom. The van der Waals surface area contributed by atoms with Crippen LogP contribution in [-0.2, 0) is 11.8 Å². The highest BCUT2D eigenvalue weighted by Gasteiger charge is 2.52. The summed E-state index contributed by atoms with van der Waals surface area (Å²) in [5.74, 6) is -1.47. The standard InChI is InChI=1S/C22H22Cl2FN7O3/c1-4-35-18-14(8-13(23)9-15(18)24)12-7-16(25)17(26-10-12)11(2)27-21(34)22(5-6-22)28-20(33)19-29-31-32(3)30-19/h7-11H,4-6H2,1-3H3,(H,27,34)(H,28,33)/t11-/m1/s1. The minimum atomic E-state index is -1.11. The molecule has 0 radical (unpaired) electrons. The van der Waals surface area contributed by atoms with Gasteiger partial charge in [-0.05, 0) is 50.1 Å². The van der Waals surface area contributed by atoms with Crippen molar-refractivity contribution >= 4 is 35.0 Å². The second kappa shape index (κ2) is 9.74. The van der Waals surface area contributed by atoms with E-state index in [1.807, 2.05) is 0 Å². The number of ether oxygens (including phenoxy) is 1. The smallest absolute Gasteiger partial charge is 0.293 e. The molecule has 13 heteroatoms. The molecule has 0 spiro atoms. The SMILES string of the molecule is CCOc1c(Cl)cc(Cl)cc1-c1cnc([C@@H](C)NC(=O)C2(NC(=O)c3nnn(C)n3)CC2)c(F)c1. The van der Waals surface area contributed by atoms with Crippen molar-refractivity contribution in [2.24, 2.45) is 7.05 Å². The van der Waals surface area contributed by atoms with Crippen molar-refractivity contribution < 1.29 is 18.7 Å². The van der Waals surface area contributed by atoms with Gasteiger partial charge in [0.1, 0.15) is 17.1 Å². The molecule has 184 valence electrons. The molecule has 1 aromatic carbocycles. The molecule has 1 atom stereocenters. The molecule has 0 aliphatic heterocycles. The molecule has 1 fully saturated rings.